The lowest BCUT2D eigenvalue weighted by Gasteiger charge is -2.07. The summed E-state index contributed by atoms with van der Waals surface area (Å²) in [5, 5.41) is 13.2. The minimum atomic E-state index is -0.118. The van der Waals surface area contributed by atoms with Gasteiger partial charge in [0, 0.05) is 6.54 Å². The van der Waals surface area contributed by atoms with Crippen molar-refractivity contribution in [1.82, 2.24) is 19.5 Å². The lowest BCUT2D eigenvalue weighted by atomic mass is 10.2. The largest absolute Gasteiger partial charge is 0.480 e. The molecule has 0 saturated heterocycles. The molecule has 22 heavy (non-hydrogen) atoms. The van der Waals surface area contributed by atoms with Gasteiger partial charge in [-0.15, -0.1) is 0 Å². The van der Waals surface area contributed by atoms with Gasteiger partial charge in [0.15, 0.2) is 17.0 Å². The molecule has 0 bridgehead atoms. The number of aromatic hydroxyl groups is 1. The summed E-state index contributed by atoms with van der Waals surface area (Å²) in [5.41, 5.74) is 7.90. The number of nitrogens with zero attached hydrogens (tertiary/aromatic N) is 4. The van der Waals surface area contributed by atoms with Crippen molar-refractivity contribution in [2.24, 2.45) is 0 Å². The van der Waals surface area contributed by atoms with Crippen molar-refractivity contribution in [1.29, 1.82) is 0 Å². The van der Waals surface area contributed by atoms with Crippen LogP contribution in [0.5, 0.6) is 6.01 Å². The first-order valence-corrected chi connectivity index (χ1v) is 7.19. The van der Waals surface area contributed by atoms with Crippen LogP contribution < -0.4 is 11.1 Å². The van der Waals surface area contributed by atoms with Gasteiger partial charge in [0.25, 0.3) is 6.01 Å². The van der Waals surface area contributed by atoms with Gasteiger partial charge in [0.1, 0.15) is 0 Å². The van der Waals surface area contributed by atoms with E-state index in [0.29, 0.717) is 23.7 Å². The summed E-state index contributed by atoms with van der Waals surface area (Å²) in [7, 11) is 0. The van der Waals surface area contributed by atoms with Crippen LogP contribution in [0.15, 0.2) is 30.3 Å². The van der Waals surface area contributed by atoms with Crippen molar-refractivity contribution >= 4 is 22.9 Å². The number of nitrogens with one attached hydrogen (secondary N) is 1. The van der Waals surface area contributed by atoms with Crippen LogP contribution in [0.3, 0.4) is 0 Å². The molecule has 7 heteroatoms. The Morgan fingerprint density at radius 1 is 1.18 bits per heavy atom. The van der Waals surface area contributed by atoms with Crippen molar-refractivity contribution < 1.29 is 5.11 Å². The van der Waals surface area contributed by atoms with E-state index >= 15 is 0 Å². The maximum Gasteiger partial charge on any atom is 0.296 e. The number of anilines is 2. The molecule has 7 nitrogen and oxygen atoms in total. The second-order valence-corrected chi connectivity index (χ2v) is 5.01. The van der Waals surface area contributed by atoms with Crippen molar-refractivity contribution in [3.05, 3.63) is 35.9 Å². The fraction of sp³-hybridized carbons (Fsp3) is 0.267. The maximum absolute atomic E-state index is 10.1. The van der Waals surface area contributed by atoms with Crippen LogP contribution in [-0.2, 0) is 6.54 Å². The van der Waals surface area contributed by atoms with Gasteiger partial charge >= 0.3 is 0 Å². The van der Waals surface area contributed by atoms with E-state index in [4.69, 9.17) is 5.73 Å². The molecule has 0 saturated carbocycles. The van der Waals surface area contributed by atoms with E-state index in [2.05, 4.69) is 27.2 Å². The number of benzene rings is 1. The standard InChI is InChI=1S/C15H18N6O/c1-2-8-17-14-19-12(16)11-13(20-14)21(15(22)18-11)9-10-6-4-3-5-7-10/h3-7H,2,8-9H2,1H3,(H,18,22)(H3,16,17,19,20). The molecule has 0 fully saturated rings. The summed E-state index contributed by atoms with van der Waals surface area (Å²) in [5.74, 6) is 0.701. The summed E-state index contributed by atoms with van der Waals surface area (Å²) < 4.78 is 1.62. The van der Waals surface area contributed by atoms with Crippen LogP contribution in [0.4, 0.5) is 11.8 Å². The van der Waals surface area contributed by atoms with Gasteiger partial charge in [-0.2, -0.15) is 15.0 Å². The predicted octanol–water partition coefficient (Wildman–Crippen LogP) is 1.98. The molecule has 0 spiro atoms. The van der Waals surface area contributed by atoms with Crippen LogP contribution in [0.1, 0.15) is 18.9 Å². The topological polar surface area (TPSA) is 102 Å². The number of hydrogen-bond acceptors (Lipinski definition) is 6. The van der Waals surface area contributed by atoms with E-state index in [0.717, 1.165) is 18.5 Å². The van der Waals surface area contributed by atoms with Crippen molar-refractivity contribution in [3.63, 3.8) is 0 Å². The molecule has 1 aromatic carbocycles. The average Bonchev–Trinajstić information content (AvgIpc) is 2.83. The van der Waals surface area contributed by atoms with Gasteiger partial charge in [-0.3, -0.25) is 4.57 Å². The van der Waals surface area contributed by atoms with Gasteiger partial charge in [-0.1, -0.05) is 37.3 Å². The van der Waals surface area contributed by atoms with E-state index < -0.39 is 0 Å². The highest BCUT2D eigenvalue weighted by molar-refractivity contribution is 5.84. The Balaban J connectivity index is 2.05. The summed E-state index contributed by atoms with van der Waals surface area (Å²) >= 11 is 0. The van der Waals surface area contributed by atoms with Crippen LogP contribution in [-0.4, -0.2) is 31.2 Å². The first kappa shape index (κ1) is 14.1. The number of fused-ring (bicyclic) bond motifs is 1. The first-order valence-electron chi connectivity index (χ1n) is 7.19. The Kier molecular flexibility index (Phi) is 3.78. The number of imidazole rings is 1. The summed E-state index contributed by atoms with van der Waals surface area (Å²) in [6.45, 7) is 3.27. The number of hydrogen-bond donors (Lipinski definition) is 3. The fourth-order valence-corrected chi connectivity index (χ4v) is 2.24. The van der Waals surface area contributed by atoms with E-state index in [9.17, 15) is 5.11 Å². The molecule has 0 aliphatic heterocycles. The lowest BCUT2D eigenvalue weighted by molar-refractivity contribution is 0.408. The Morgan fingerprint density at radius 2 is 1.95 bits per heavy atom. The molecule has 2 heterocycles. The first-order chi connectivity index (χ1) is 10.7. The monoisotopic (exact) mass is 298 g/mol. The molecule has 0 amide bonds. The van der Waals surface area contributed by atoms with E-state index in [1.54, 1.807) is 4.57 Å². The summed E-state index contributed by atoms with van der Waals surface area (Å²) in [6, 6.07) is 9.68. The molecule has 4 N–H and O–H groups in total. The SMILES string of the molecule is CCCNc1nc(N)c2nc(O)n(Cc3ccccc3)c2n1. The highest BCUT2D eigenvalue weighted by Crippen LogP contribution is 2.24. The van der Waals surface area contributed by atoms with Gasteiger partial charge in [-0.05, 0) is 12.0 Å². The van der Waals surface area contributed by atoms with Crippen LogP contribution >= 0.6 is 0 Å². The molecule has 3 rings (SSSR count). The molecule has 0 aliphatic rings. The van der Waals surface area contributed by atoms with Crippen LogP contribution in [0.25, 0.3) is 11.2 Å². The lowest BCUT2D eigenvalue weighted by Crippen LogP contribution is -2.08. The second kappa shape index (κ2) is 5.88. The van der Waals surface area contributed by atoms with E-state index in [1.165, 1.54) is 0 Å². The molecule has 0 atom stereocenters. The van der Waals surface area contributed by atoms with Gasteiger partial charge in [0.2, 0.25) is 5.95 Å². The minimum Gasteiger partial charge on any atom is -0.480 e. The molecule has 2 aromatic heterocycles. The highest BCUT2D eigenvalue weighted by atomic mass is 16.3. The highest BCUT2D eigenvalue weighted by Gasteiger charge is 2.16. The molecule has 0 aliphatic carbocycles. The zero-order valence-electron chi connectivity index (χ0n) is 12.3. The fourth-order valence-electron chi connectivity index (χ4n) is 2.24. The zero-order chi connectivity index (χ0) is 15.5. The smallest absolute Gasteiger partial charge is 0.296 e. The number of nitrogens with two attached hydrogens (primary N) is 1. The molecule has 3 aromatic rings. The van der Waals surface area contributed by atoms with Crippen molar-refractivity contribution in [2.45, 2.75) is 19.9 Å². The predicted molar refractivity (Wildman–Crippen MR) is 85.7 cm³/mol. The van der Waals surface area contributed by atoms with E-state index in [1.807, 2.05) is 30.3 Å². The molecule has 0 unspecified atom stereocenters. The number of nitrogen functional groups attached to an aromatic ring is 1. The molecule has 0 radical (unpaired) electrons. The number of rotatable bonds is 5. The third-order valence-electron chi connectivity index (χ3n) is 3.32. The Morgan fingerprint density at radius 3 is 2.68 bits per heavy atom. The third-order valence-corrected chi connectivity index (χ3v) is 3.32. The van der Waals surface area contributed by atoms with Crippen LogP contribution in [0, 0.1) is 0 Å². The van der Waals surface area contributed by atoms with Crippen LogP contribution in [0.2, 0.25) is 0 Å². The van der Waals surface area contributed by atoms with Crippen molar-refractivity contribution in [3.8, 4) is 6.01 Å². The normalized spacial score (nSPS) is 11.0. The van der Waals surface area contributed by atoms with Crippen molar-refractivity contribution in [2.75, 3.05) is 17.6 Å². The quantitative estimate of drug-likeness (QED) is 0.665. The summed E-state index contributed by atoms with van der Waals surface area (Å²) in [6.07, 6.45) is 0.954. The third kappa shape index (κ3) is 2.65. The Hall–Kier alpha value is -2.83. The maximum atomic E-state index is 10.1. The van der Waals surface area contributed by atoms with E-state index in [-0.39, 0.29) is 11.8 Å². The molecular formula is C15H18N6O. The molecular weight excluding hydrogens is 280 g/mol. The Labute approximate surface area is 127 Å². The minimum absolute atomic E-state index is 0.118. The zero-order valence-corrected chi connectivity index (χ0v) is 12.3. The Bertz CT molecular complexity index is 784. The second-order valence-electron chi connectivity index (χ2n) is 5.01. The van der Waals surface area contributed by atoms with Gasteiger partial charge in [-0.25, -0.2) is 0 Å². The van der Waals surface area contributed by atoms with Gasteiger partial charge in [0.05, 0.1) is 6.54 Å². The average molecular weight is 298 g/mol. The molecule has 114 valence electrons. The van der Waals surface area contributed by atoms with Gasteiger partial charge < -0.3 is 16.2 Å². The number of aromatic nitrogens is 4. The summed E-state index contributed by atoms with van der Waals surface area (Å²) in [4.78, 5) is 12.7.